The van der Waals surface area contributed by atoms with Gasteiger partial charge in [0.05, 0.1) is 11.9 Å². The molecule has 1 atom stereocenters. The average molecular weight is 414 g/mol. The average Bonchev–Trinajstić information content (AvgIpc) is 3.50. The Kier molecular flexibility index (Phi) is 4.54. The van der Waals surface area contributed by atoms with Gasteiger partial charge in [-0.05, 0) is 37.6 Å². The van der Waals surface area contributed by atoms with Crippen molar-refractivity contribution in [3.05, 3.63) is 60.6 Å². The topological polar surface area (TPSA) is 111 Å². The highest BCUT2D eigenvalue weighted by Gasteiger charge is 2.31. The van der Waals surface area contributed by atoms with Crippen LogP contribution in [0, 0.1) is 6.92 Å². The zero-order valence-corrected chi connectivity index (χ0v) is 17.1. The molecule has 0 aliphatic carbocycles. The first-order valence-corrected chi connectivity index (χ1v) is 10.2. The van der Waals surface area contributed by atoms with Gasteiger partial charge in [-0.3, -0.25) is 9.89 Å². The number of amides is 1. The predicted octanol–water partition coefficient (Wildman–Crippen LogP) is 3.53. The van der Waals surface area contributed by atoms with Gasteiger partial charge in [0.2, 0.25) is 5.91 Å². The first-order valence-electron chi connectivity index (χ1n) is 10.2. The number of hydrogen-bond acceptors (Lipinski definition) is 5. The molecule has 1 aromatic carbocycles. The number of fused-ring (bicyclic) bond motifs is 1. The molecule has 1 saturated heterocycles. The summed E-state index contributed by atoms with van der Waals surface area (Å²) in [4.78, 5) is 17.4. The van der Waals surface area contributed by atoms with Gasteiger partial charge in [-0.25, -0.2) is 0 Å². The molecule has 156 valence electrons. The molecule has 0 bridgehead atoms. The molecule has 3 N–H and O–H groups in total. The highest BCUT2D eigenvalue weighted by atomic mass is 16.3. The number of H-pyrrole nitrogens is 2. The number of aromatic nitrogens is 5. The van der Waals surface area contributed by atoms with E-state index in [9.17, 15) is 9.90 Å². The van der Waals surface area contributed by atoms with E-state index in [2.05, 4.69) is 32.0 Å². The van der Waals surface area contributed by atoms with Crippen LogP contribution >= 0.6 is 0 Å². The van der Waals surface area contributed by atoms with Crippen LogP contribution in [0.1, 0.15) is 23.7 Å². The van der Waals surface area contributed by atoms with E-state index >= 15 is 0 Å². The maximum Gasteiger partial charge on any atom is 0.245 e. The molecule has 1 aliphatic rings. The van der Waals surface area contributed by atoms with Crippen molar-refractivity contribution < 1.29 is 9.90 Å². The Morgan fingerprint density at radius 2 is 2.13 bits per heavy atom. The molecule has 1 amide bonds. The van der Waals surface area contributed by atoms with E-state index in [1.807, 2.05) is 36.2 Å². The lowest BCUT2D eigenvalue weighted by Crippen LogP contribution is -2.26. The lowest BCUT2D eigenvalue weighted by Gasteiger charge is -2.15. The number of para-hydroxylation sites is 1. The molecule has 4 aromatic rings. The number of carbonyl (C=O) groups excluding carboxylic acids is 1. The van der Waals surface area contributed by atoms with E-state index in [4.69, 9.17) is 0 Å². The first kappa shape index (κ1) is 19.0. The minimum atomic E-state index is -0.0544. The van der Waals surface area contributed by atoms with Crippen molar-refractivity contribution in [3.63, 3.8) is 0 Å². The Morgan fingerprint density at radius 3 is 2.87 bits per heavy atom. The van der Waals surface area contributed by atoms with Crippen LogP contribution in [0.5, 0.6) is 5.75 Å². The molecule has 1 fully saturated rings. The molecular weight excluding hydrogens is 392 g/mol. The van der Waals surface area contributed by atoms with E-state index in [1.165, 1.54) is 6.08 Å². The van der Waals surface area contributed by atoms with Gasteiger partial charge in [-0.2, -0.15) is 5.10 Å². The van der Waals surface area contributed by atoms with Gasteiger partial charge in [-0.1, -0.05) is 18.7 Å². The van der Waals surface area contributed by atoms with Gasteiger partial charge < -0.3 is 15.0 Å². The second kappa shape index (κ2) is 7.39. The van der Waals surface area contributed by atoms with E-state index in [1.54, 1.807) is 12.1 Å². The van der Waals surface area contributed by atoms with Gasteiger partial charge in [0.15, 0.2) is 5.65 Å². The number of benzene rings is 1. The number of nitrogens with zero attached hydrogens (tertiary/aromatic N) is 4. The summed E-state index contributed by atoms with van der Waals surface area (Å²) in [5, 5.41) is 27.2. The fourth-order valence-electron chi connectivity index (χ4n) is 4.36. The van der Waals surface area contributed by atoms with Crippen LogP contribution in [0.4, 0.5) is 0 Å². The fraction of sp³-hybridized carbons (Fsp3) is 0.217. The van der Waals surface area contributed by atoms with Crippen LogP contribution in [-0.4, -0.2) is 54.4 Å². The third-order valence-corrected chi connectivity index (χ3v) is 5.95. The molecule has 5 rings (SSSR count). The largest absolute Gasteiger partial charge is 0.507 e. The van der Waals surface area contributed by atoms with E-state index in [0.29, 0.717) is 30.0 Å². The number of aromatic amines is 2. The molecule has 1 aliphatic heterocycles. The van der Waals surface area contributed by atoms with Crippen molar-refractivity contribution in [1.29, 1.82) is 0 Å². The number of carbonyl (C=O) groups is 1. The summed E-state index contributed by atoms with van der Waals surface area (Å²) in [5.74, 6) is 0.236. The van der Waals surface area contributed by atoms with E-state index in [0.717, 1.165) is 34.3 Å². The van der Waals surface area contributed by atoms with Crippen LogP contribution in [0.25, 0.3) is 33.4 Å². The monoisotopic (exact) mass is 414 g/mol. The number of phenolic OH excluding ortho intramolecular Hbond substituents is 1. The zero-order valence-electron chi connectivity index (χ0n) is 17.1. The molecule has 0 radical (unpaired) electrons. The van der Waals surface area contributed by atoms with Crippen molar-refractivity contribution >= 4 is 16.9 Å². The standard InChI is InChI=1S/C23H22N6O2/c1-3-20(31)29-9-8-14(12-29)22-21(17-11-24-26-13(17)2)16-10-18(27-28-23(16)25-22)15-6-4-5-7-19(15)30/h3-7,10-11,14,30H,1,8-9,12H2,2H3,(H,24,26)(H,25,28). The van der Waals surface area contributed by atoms with Crippen LogP contribution in [0.15, 0.2) is 49.2 Å². The molecule has 8 nitrogen and oxygen atoms in total. The molecule has 31 heavy (non-hydrogen) atoms. The number of aryl methyl sites for hydroxylation is 1. The smallest absolute Gasteiger partial charge is 0.245 e. The lowest BCUT2D eigenvalue weighted by atomic mass is 9.95. The zero-order chi connectivity index (χ0) is 21.5. The molecule has 3 aromatic heterocycles. The molecule has 8 heteroatoms. The minimum Gasteiger partial charge on any atom is -0.507 e. The van der Waals surface area contributed by atoms with E-state index < -0.39 is 0 Å². The third kappa shape index (κ3) is 3.16. The molecule has 4 heterocycles. The summed E-state index contributed by atoms with van der Waals surface area (Å²) in [6.07, 6.45) is 4.01. The van der Waals surface area contributed by atoms with Crippen LogP contribution < -0.4 is 0 Å². The molecular formula is C23H22N6O2. The normalized spacial score (nSPS) is 16.2. The number of phenols is 1. The summed E-state index contributed by atoms with van der Waals surface area (Å²) in [6.45, 7) is 6.88. The van der Waals surface area contributed by atoms with Crippen LogP contribution in [-0.2, 0) is 4.79 Å². The van der Waals surface area contributed by atoms with Crippen LogP contribution in [0.3, 0.4) is 0 Å². The molecule has 0 saturated carbocycles. The predicted molar refractivity (Wildman–Crippen MR) is 117 cm³/mol. The van der Waals surface area contributed by atoms with Crippen molar-refractivity contribution in [2.24, 2.45) is 0 Å². The Balaban J connectivity index is 1.68. The quantitative estimate of drug-likeness (QED) is 0.443. The number of rotatable bonds is 4. The maximum absolute atomic E-state index is 12.1. The van der Waals surface area contributed by atoms with Crippen molar-refractivity contribution in [1.82, 2.24) is 30.3 Å². The summed E-state index contributed by atoms with van der Waals surface area (Å²) in [6, 6.07) is 9.02. The Bertz CT molecular complexity index is 1300. The minimum absolute atomic E-state index is 0.0544. The fourth-order valence-corrected chi connectivity index (χ4v) is 4.36. The molecule has 1 unspecified atom stereocenters. The number of likely N-dealkylation sites (tertiary alicyclic amines) is 1. The second-order valence-electron chi connectivity index (χ2n) is 7.81. The lowest BCUT2D eigenvalue weighted by molar-refractivity contribution is -0.125. The second-order valence-corrected chi connectivity index (χ2v) is 7.81. The maximum atomic E-state index is 12.1. The van der Waals surface area contributed by atoms with Gasteiger partial charge in [-0.15, -0.1) is 10.2 Å². The third-order valence-electron chi connectivity index (χ3n) is 5.95. The highest BCUT2D eigenvalue weighted by Crippen LogP contribution is 2.41. The summed E-state index contributed by atoms with van der Waals surface area (Å²) in [5.41, 5.74) is 5.82. The summed E-state index contributed by atoms with van der Waals surface area (Å²) < 4.78 is 0. The Labute approximate surface area is 178 Å². The Morgan fingerprint density at radius 1 is 1.29 bits per heavy atom. The summed E-state index contributed by atoms with van der Waals surface area (Å²) >= 11 is 0. The number of hydrogen-bond donors (Lipinski definition) is 3. The van der Waals surface area contributed by atoms with Gasteiger partial charge in [0.1, 0.15) is 5.75 Å². The van der Waals surface area contributed by atoms with Gasteiger partial charge in [0.25, 0.3) is 0 Å². The molecule has 0 spiro atoms. The Hall–Kier alpha value is -3.94. The first-order chi connectivity index (χ1) is 15.1. The van der Waals surface area contributed by atoms with Crippen LogP contribution in [0.2, 0.25) is 0 Å². The van der Waals surface area contributed by atoms with Crippen molar-refractivity contribution in [2.45, 2.75) is 19.3 Å². The number of aromatic hydroxyl groups is 1. The highest BCUT2D eigenvalue weighted by molar-refractivity contribution is 5.98. The van der Waals surface area contributed by atoms with Crippen molar-refractivity contribution in [2.75, 3.05) is 13.1 Å². The van der Waals surface area contributed by atoms with Crippen molar-refractivity contribution in [3.8, 4) is 28.1 Å². The van der Waals surface area contributed by atoms with Gasteiger partial charge >= 0.3 is 0 Å². The van der Waals surface area contributed by atoms with Gasteiger partial charge in [0, 0.05) is 52.5 Å². The SMILES string of the molecule is C=CC(=O)N1CCC(c2[nH]c3nnc(-c4ccccc4O)cc3c2-c2cn[nH]c2C)C1. The van der Waals surface area contributed by atoms with E-state index in [-0.39, 0.29) is 17.6 Å². The number of nitrogens with one attached hydrogen (secondary N) is 2. The summed E-state index contributed by atoms with van der Waals surface area (Å²) in [7, 11) is 0.